The highest BCUT2D eigenvalue weighted by molar-refractivity contribution is 7.10. The Bertz CT molecular complexity index is 470. The van der Waals surface area contributed by atoms with Crippen molar-refractivity contribution >= 4 is 28.6 Å². The summed E-state index contributed by atoms with van der Waals surface area (Å²) >= 11 is 7.58. The molecular weight excluding hydrogens is 242 g/mol. The summed E-state index contributed by atoms with van der Waals surface area (Å²) in [5, 5.41) is 6.07. The number of nitrogens with one attached hydrogen (secondary N) is 1. The van der Waals surface area contributed by atoms with Gasteiger partial charge in [-0.2, -0.15) is 0 Å². The van der Waals surface area contributed by atoms with E-state index < -0.39 is 0 Å². The zero-order valence-electron chi connectivity index (χ0n) is 8.87. The number of thiophene rings is 1. The molecule has 0 atom stereocenters. The highest BCUT2D eigenvalue weighted by Crippen LogP contribution is 2.25. The second kappa shape index (κ2) is 5.23. The van der Waals surface area contributed by atoms with Crippen LogP contribution >= 0.6 is 22.9 Å². The Morgan fingerprint density at radius 2 is 2.25 bits per heavy atom. The van der Waals surface area contributed by atoms with Crippen molar-refractivity contribution < 1.29 is 4.74 Å². The molecule has 4 heteroatoms. The molecule has 84 valence electrons. The molecule has 1 N–H and O–H groups in total. The molecule has 2 rings (SSSR count). The SMILES string of the molecule is COc1ccsc1CNc1cccc(Cl)c1. The fraction of sp³-hybridized carbons (Fsp3) is 0.167. The molecule has 2 nitrogen and oxygen atoms in total. The first-order valence-corrected chi connectivity index (χ1v) is 6.15. The summed E-state index contributed by atoms with van der Waals surface area (Å²) in [4.78, 5) is 1.18. The number of anilines is 1. The molecule has 1 heterocycles. The van der Waals surface area contributed by atoms with Crippen LogP contribution < -0.4 is 10.1 Å². The van der Waals surface area contributed by atoms with Crippen LogP contribution in [0.4, 0.5) is 5.69 Å². The van der Waals surface area contributed by atoms with Crippen LogP contribution in [0.1, 0.15) is 4.88 Å². The van der Waals surface area contributed by atoms with Crippen LogP contribution in [0, 0.1) is 0 Å². The molecule has 0 saturated carbocycles. The van der Waals surface area contributed by atoms with Gasteiger partial charge in [0.05, 0.1) is 18.5 Å². The number of methoxy groups -OCH3 is 1. The Kier molecular flexibility index (Phi) is 3.70. The first-order chi connectivity index (χ1) is 7.79. The van der Waals surface area contributed by atoms with Gasteiger partial charge in [-0.1, -0.05) is 17.7 Å². The number of hydrogen-bond acceptors (Lipinski definition) is 3. The minimum Gasteiger partial charge on any atom is -0.496 e. The van der Waals surface area contributed by atoms with Crippen LogP contribution in [-0.2, 0) is 6.54 Å². The molecule has 0 saturated heterocycles. The fourth-order valence-corrected chi connectivity index (χ4v) is 2.39. The molecule has 0 bridgehead atoms. The van der Waals surface area contributed by atoms with Gasteiger partial charge in [0.1, 0.15) is 5.75 Å². The van der Waals surface area contributed by atoms with Gasteiger partial charge in [0.25, 0.3) is 0 Å². The van der Waals surface area contributed by atoms with E-state index >= 15 is 0 Å². The van der Waals surface area contributed by atoms with Crippen molar-refractivity contribution in [3.63, 3.8) is 0 Å². The van der Waals surface area contributed by atoms with E-state index in [0.717, 1.165) is 23.0 Å². The van der Waals surface area contributed by atoms with Gasteiger partial charge in [-0.05, 0) is 29.6 Å². The van der Waals surface area contributed by atoms with Crippen molar-refractivity contribution in [3.05, 3.63) is 45.6 Å². The Hall–Kier alpha value is -1.19. The minimum absolute atomic E-state index is 0.739. The molecule has 1 aromatic carbocycles. The average molecular weight is 254 g/mol. The summed E-state index contributed by atoms with van der Waals surface area (Å²) in [6, 6.07) is 9.65. The highest BCUT2D eigenvalue weighted by atomic mass is 35.5. The number of benzene rings is 1. The number of halogens is 1. The maximum Gasteiger partial charge on any atom is 0.134 e. The van der Waals surface area contributed by atoms with E-state index in [1.807, 2.05) is 35.7 Å². The van der Waals surface area contributed by atoms with Crippen LogP contribution in [0.25, 0.3) is 0 Å². The maximum absolute atomic E-state index is 5.90. The Labute approximate surface area is 104 Å². The van der Waals surface area contributed by atoms with E-state index in [-0.39, 0.29) is 0 Å². The van der Waals surface area contributed by atoms with E-state index in [0.29, 0.717) is 0 Å². The van der Waals surface area contributed by atoms with Crippen LogP contribution in [0.5, 0.6) is 5.75 Å². The van der Waals surface area contributed by atoms with E-state index in [2.05, 4.69) is 5.32 Å². The molecule has 0 aliphatic rings. The molecule has 16 heavy (non-hydrogen) atoms. The third-order valence-corrected chi connectivity index (χ3v) is 3.34. The third kappa shape index (κ3) is 2.68. The summed E-state index contributed by atoms with van der Waals surface area (Å²) in [5.74, 6) is 0.930. The van der Waals surface area contributed by atoms with E-state index in [1.165, 1.54) is 4.88 Å². The predicted molar refractivity (Wildman–Crippen MR) is 69.6 cm³/mol. The van der Waals surface area contributed by atoms with Gasteiger partial charge >= 0.3 is 0 Å². The summed E-state index contributed by atoms with van der Waals surface area (Å²) in [6.45, 7) is 0.751. The van der Waals surface area contributed by atoms with Crippen LogP contribution in [0.15, 0.2) is 35.7 Å². The molecule has 0 aliphatic carbocycles. The monoisotopic (exact) mass is 253 g/mol. The van der Waals surface area contributed by atoms with Crippen molar-refractivity contribution in [2.75, 3.05) is 12.4 Å². The third-order valence-electron chi connectivity index (χ3n) is 2.20. The fourth-order valence-electron chi connectivity index (χ4n) is 1.42. The van der Waals surface area contributed by atoms with Crippen molar-refractivity contribution in [2.24, 2.45) is 0 Å². The highest BCUT2D eigenvalue weighted by Gasteiger charge is 2.03. The van der Waals surface area contributed by atoms with E-state index in [9.17, 15) is 0 Å². The van der Waals surface area contributed by atoms with Gasteiger partial charge in [-0.25, -0.2) is 0 Å². The average Bonchev–Trinajstić information content (AvgIpc) is 2.74. The van der Waals surface area contributed by atoms with Crippen LogP contribution in [0.3, 0.4) is 0 Å². The second-order valence-electron chi connectivity index (χ2n) is 3.28. The van der Waals surface area contributed by atoms with E-state index in [4.69, 9.17) is 16.3 Å². The normalized spacial score (nSPS) is 10.1. The molecule has 0 aliphatic heterocycles. The topological polar surface area (TPSA) is 21.3 Å². The smallest absolute Gasteiger partial charge is 0.134 e. The molecular formula is C12H12ClNOS. The molecule has 1 aromatic heterocycles. The Morgan fingerprint density at radius 3 is 3.00 bits per heavy atom. The quantitative estimate of drug-likeness (QED) is 0.889. The second-order valence-corrected chi connectivity index (χ2v) is 4.71. The lowest BCUT2D eigenvalue weighted by atomic mass is 10.3. The van der Waals surface area contributed by atoms with Gasteiger partial charge in [0.2, 0.25) is 0 Å². The van der Waals surface area contributed by atoms with Crippen LogP contribution in [0.2, 0.25) is 5.02 Å². The summed E-state index contributed by atoms with van der Waals surface area (Å²) in [6.07, 6.45) is 0. The number of ether oxygens (including phenoxy) is 1. The summed E-state index contributed by atoms with van der Waals surface area (Å²) < 4.78 is 5.24. The van der Waals surface area contributed by atoms with Crippen molar-refractivity contribution in [1.82, 2.24) is 0 Å². The van der Waals surface area contributed by atoms with Gasteiger partial charge in [0.15, 0.2) is 0 Å². The van der Waals surface area contributed by atoms with Gasteiger partial charge in [-0.15, -0.1) is 11.3 Å². The standard InChI is InChI=1S/C12H12ClNOS/c1-15-11-5-6-16-12(11)8-14-10-4-2-3-9(13)7-10/h2-7,14H,8H2,1H3. The molecule has 0 spiro atoms. The molecule has 0 unspecified atom stereocenters. The molecule has 0 amide bonds. The van der Waals surface area contributed by atoms with Crippen LogP contribution in [-0.4, -0.2) is 7.11 Å². The lowest BCUT2D eigenvalue weighted by molar-refractivity contribution is 0.413. The summed E-state index contributed by atoms with van der Waals surface area (Å²) in [7, 11) is 1.69. The lowest BCUT2D eigenvalue weighted by Gasteiger charge is -2.06. The minimum atomic E-state index is 0.739. The Balaban J connectivity index is 2.02. The largest absolute Gasteiger partial charge is 0.496 e. The lowest BCUT2D eigenvalue weighted by Crippen LogP contribution is -1.98. The number of hydrogen-bond donors (Lipinski definition) is 1. The van der Waals surface area contributed by atoms with Gasteiger partial charge < -0.3 is 10.1 Å². The zero-order valence-corrected chi connectivity index (χ0v) is 10.4. The van der Waals surface area contributed by atoms with Crippen molar-refractivity contribution in [1.29, 1.82) is 0 Å². The molecule has 0 fully saturated rings. The molecule has 0 radical (unpaired) electrons. The first kappa shape index (κ1) is 11.3. The maximum atomic E-state index is 5.90. The summed E-state index contributed by atoms with van der Waals surface area (Å²) in [5.41, 5.74) is 1.02. The van der Waals surface area contributed by atoms with Crippen molar-refractivity contribution in [2.45, 2.75) is 6.54 Å². The van der Waals surface area contributed by atoms with Gasteiger partial charge in [-0.3, -0.25) is 0 Å². The first-order valence-electron chi connectivity index (χ1n) is 4.89. The van der Waals surface area contributed by atoms with E-state index in [1.54, 1.807) is 18.4 Å². The Morgan fingerprint density at radius 1 is 1.38 bits per heavy atom. The van der Waals surface area contributed by atoms with Crippen molar-refractivity contribution in [3.8, 4) is 5.75 Å². The van der Waals surface area contributed by atoms with Gasteiger partial charge in [0, 0.05) is 10.7 Å². The predicted octanol–water partition coefficient (Wildman–Crippen LogP) is 4.02. The number of rotatable bonds is 4. The zero-order chi connectivity index (χ0) is 11.4. The molecule has 2 aromatic rings.